The lowest BCUT2D eigenvalue weighted by molar-refractivity contribution is -0.121. The Morgan fingerprint density at radius 1 is 1.47 bits per heavy atom. The van der Waals surface area contributed by atoms with Gasteiger partial charge in [-0.2, -0.15) is 0 Å². The van der Waals surface area contributed by atoms with Gasteiger partial charge in [-0.1, -0.05) is 18.2 Å². The Morgan fingerprint density at radius 3 is 3.16 bits per heavy atom. The molecule has 0 bridgehead atoms. The van der Waals surface area contributed by atoms with Crippen molar-refractivity contribution in [3.63, 3.8) is 0 Å². The number of hydrogen-bond donors (Lipinski definition) is 2. The van der Waals surface area contributed by atoms with E-state index in [1.165, 1.54) is 5.56 Å². The van der Waals surface area contributed by atoms with Gasteiger partial charge in [-0.15, -0.1) is 0 Å². The van der Waals surface area contributed by atoms with Crippen LogP contribution in [0.3, 0.4) is 0 Å². The van der Waals surface area contributed by atoms with Crippen LogP contribution in [0.1, 0.15) is 31.2 Å². The summed E-state index contributed by atoms with van der Waals surface area (Å²) in [4.78, 5) is 11.9. The van der Waals surface area contributed by atoms with Crippen LogP contribution in [0.5, 0.6) is 0 Å². The first-order valence-electron chi connectivity index (χ1n) is 6.98. The van der Waals surface area contributed by atoms with Gasteiger partial charge in [0.15, 0.2) is 0 Å². The van der Waals surface area contributed by atoms with Crippen molar-refractivity contribution in [2.45, 2.75) is 25.7 Å². The maximum atomic E-state index is 11.9. The number of benzene rings is 1. The number of nitrogens with one attached hydrogen (secondary N) is 2. The van der Waals surface area contributed by atoms with Gasteiger partial charge in [-0.05, 0) is 25.0 Å². The van der Waals surface area contributed by atoms with Crippen molar-refractivity contribution < 1.29 is 9.53 Å². The van der Waals surface area contributed by atoms with Crippen LogP contribution in [-0.4, -0.2) is 32.2 Å². The van der Waals surface area contributed by atoms with Crippen molar-refractivity contribution >= 4 is 11.6 Å². The van der Waals surface area contributed by atoms with Crippen LogP contribution in [-0.2, 0) is 9.53 Å². The molecule has 0 saturated carbocycles. The summed E-state index contributed by atoms with van der Waals surface area (Å²) in [7, 11) is 0. The number of fused-ring (bicyclic) bond motifs is 1. The number of ether oxygens (including phenoxy) is 1. The SMILES string of the molecule is CCOCCCNC(=O)CC1CNc2ccccc21. The van der Waals surface area contributed by atoms with Crippen LogP contribution >= 0.6 is 0 Å². The molecule has 1 heterocycles. The van der Waals surface area contributed by atoms with Gasteiger partial charge < -0.3 is 15.4 Å². The second-order valence-corrected chi connectivity index (χ2v) is 4.77. The fourth-order valence-corrected chi connectivity index (χ4v) is 2.38. The number of carbonyl (C=O) groups is 1. The summed E-state index contributed by atoms with van der Waals surface area (Å²) in [5.41, 5.74) is 2.42. The van der Waals surface area contributed by atoms with Gasteiger partial charge in [-0.3, -0.25) is 4.79 Å². The molecule has 1 aromatic rings. The molecule has 104 valence electrons. The summed E-state index contributed by atoms with van der Waals surface area (Å²) < 4.78 is 5.23. The van der Waals surface area contributed by atoms with Gasteiger partial charge in [0.05, 0.1) is 0 Å². The monoisotopic (exact) mass is 262 g/mol. The Morgan fingerprint density at radius 2 is 2.32 bits per heavy atom. The summed E-state index contributed by atoms with van der Waals surface area (Å²) in [5, 5.41) is 6.29. The number of hydrogen-bond acceptors (Lipinski definition) is 3. The van der Waals surface area contributed by atoms with E-state index in [-0.39, 0.29) is 5.91 Å². The predicted octanol–water partition coefficient (Wildman–Crippen LogP) is 2.13. The van der Waals surface area contributed by atoms with E-state index in [4.69, 9.17) is 4.74 Å². The molecule has 2 N–H and O–H groups in total. The highest BCUT2D eigenvalue weighted by molar-refractivity contribution is 5.78. The summed E-state index contributed by atoms with van der Waals surface area (Å²) in [6.45, 7) is 4.97. The fraction of sp³-hybridized carbons (Fsp3) is 0.533. The molecule has 4 nitrogen and oxygen atoms in total. The molecule has 0 fully saturated rings. The molecule has 1 aliphatic rings. The Labute approximate surface area is 114 Å². The van der Waals surface area contributed by atoms with E-state index in [9.17, 15) is 4.79 Å². The third kappa shape index (κ3) is 3.96. The van der Waals surface area contributed by atoms with Gasteiger partial charge in [-0.25, -0.2) is 0 Å². The third-order valence-corrected chi connectivity index (χ3v) is 3.36. The highest BCUT2D eigenvalue weighted by Crippen LogP contribution is 2.32. The van der Waals surface area contributed by atoms with Gasteiger partial charge >= 0.3 is 0 Å². The number of amides is 1. The second kappa shape index (κ2) is 7.14. The lowest BCUT2D eigenvalue weighted by Crippen LogP contribution is -2.27. The van der Waals surface area contributed by atoms with Crippen molar-refractivity contribution in [3.8, 4) is 0 Å². The average Bonchev–Trinajstić information content (AvgIpc) is 2.82. The quantitative estimate of drug-likeness (QED) is 0.740. The van der Waals surface area contributed by atoms with E-state index < -0.39 is 0 Å². The highest BCUT2D eigenvalue weighted by atomic mass is 16.5. The van der Waals surface area contributed by atoms with Gasteiger partial charge in [0, 0.05) is 44.3 Å². The number of rotatable bonds is 7. The maximum absolute atomic E-state index is 11.9. The Bertz CT molecular complexity index is 420. The molecule has 19 heavy (non-hydrogen) atoms. The Balaban J connectivity index is 1.72. The van der Waals surface area contributed by atoms with Crippen LogP contribution in [0.15, 0.2) is 24.3 Å². The zero-order chi connectivity index (χ0) is 13.5. The molecule has 0 radical (unpaired) electrons. The molecule has 1 atom stereocenters. The van der Waals surface area contributed by atoms with Crippen LogP contribution < -0.4 is 10.6 Å². The molecule has 1 aromatic carbocycles. The molecular weight excluding hydrogens is 240 g/mol. The van der Waals surface area contributed by atoms with Crippen LogP contribution in [0.25, 0.3) is 0 Å². The largest absolute Gasteiger partial charge is 0.384 e. The van der Waals surface area contributed by atoms with Crippen LogP contribution in [0, 0.1) is 0 Å². The first-order valence-corrected chi connectivity index (χ1v) is 6.98. The molecule has 2 rings (SSSR count). The van der Waals surface area contributed by atoms with Crippen molar-refractivity contribution in [1.29, 1.82) is 0 Å². The number of anilines is 1. The fourth-order valence-electron chi connectivity index (χ4n) is 2.38. The van der Waals surface area contributed by atoms with Crippen LogP contribution in [0.4, 0.5) is 5.69 Å². The highest BCUT2D eigenvalue weighted by Gasteiger charge is 2.23. The normalized spacial score (nSPS) is 16.8. The molecule has 1 aliphatic heterocycles. The number of carbonyl (C=O) groups excluding carboxylic acids is 1. The maximum Gasteiger partial charge on any atom is 0.220 e. The van der Waals surface area contributed by atoms with Crippen molar-refractivity contribution in [2.24, 2.45) is 0 Å². The summed E-state index contributed by atoms with van der Waals surface area (Å²) >= 11 is 0. The minimum Gasteiger partial charge on any atom is -0.384 e. The summed E-state index contributed by atoms with van der Waals surface area (Å²) in [6.07, 6.45) is 1.43. The summed E-state index contributed by atoms with van der Waals surface area (Å²) in [5.74, 6) is 0.420. The lowest BCUT2D eigenvalue weighted by atomic mass is 9.97. The molecule has 0 saturated heterocycles. The van der Waals surface area contributed by atoms with E-state index in [0.29, 0.717) is 25.5 Å². The molecule has 1 amide bonds. The summed E-state index contributed by atoms with van der Waals surface area (Å²) in [6, 6.07) is 8.21. The Hall–Kier alpha value is -1.55. The predicted molar refractivity (Wildman–Crippen MR) is 76.4 cm³/mol. The standard InChI is InChI=1S/C15H22N2O2/c1-2-19-9-5-8-16-15(18)10-12-11-17-14-7-4-3-6-13(12)14/h3-4,6-7,12,17H,2,5,8-11H2,1H3,(H,16,18). The molecular formula is C15H22N2O2. The van der Waals surface area contributed by atoms with Gasteiger partial charge in [0.25, 0.3) is 0 Å². The van der Waals surface area contributed by atoms with Crippen molar-refractivity contribution in [1.82, 2.24) is 5.32 Å². The minimum atomic E-state index is 0.125. The third-order valence-electron chi connectivity index (χ3n) is 3.36. The van der Waals surface area contributed by atoms with Crippen LogP contribution in [0.2, 0.25) is 0 Å². The van der Waals surface area contributed by atoms with Gasteiger partial charge in [0.1, 0.15) is 0 Å². The smallest absolute Gasteiger partial charge is 0.220 e. The first kappa shape index (κ1) is 13.9. The van der Waals surface area contributed by atoms with Gasteiger partial charge in [0.2, 0.25) is 5.91 Å². The van der Waals surface area contributed by atoms with E-state index in [2.05, 4.69) is 22.8 Å². The van der Waals surface area contributed by atoms with Crippen molar-refractivity contribution in [3.05, 3.63) is 29.8 Å². The molecule has 0 aromatic heterocycles. The molecule has 1 unspecified atom stereocenters. The number of para-hydroxylation sites is 1. The lowest BCUT2D eigenvalue weighted by Gasteiger charge is -2.10. The Kier molecular flexibility index (Phi) is 5.21. The average molecular weight is 262 g/mol. The van der Waals surface area contributed by atoms with E-state index in [1.807, 2.05) is 19.1 Å². The minimum absolute atomic E-state index is 0.125. The first-order chi connectivity index (χ1) is 9.31. The molecule has 0 spiro atoms. The molecule has 0 aliphatic carbocycles. The second-order valence-electron chi connectivity index (χ2n) is 4.77. The zero-order valence-corrected chi connectivity index (χ0v) is 11.4. The molecule has 4 heteroatoms. The van der Waals surface area contributed by atoms with Crippen molar-refractivity contribution in [2.75, 3.05) is 31.6 Å². The van der Waals surface area contributed by atoms with E-state index in [1.54, 1.807) is 0 Å². The topological polar surface area (TPSA) is 50.4 Å². The van der Waals surface area contributed by atoms with E-state index >= 15 is 0 Å². The zero-order valence-electron chi connectivity index (χ0n) is 11.4. The van der Waals surface area contributed by atoms with E-state index in [0.717, 1.165) is 25.3 Å².